The maximum Gasteiger partial charge on any atom is 0.0813 e. The minimum atomic E-state index is -1.03. The van der Waals surface area contributed by atoms with Gasteiger partial charge in [-0.05, 0) is 25.9 Å². The van der Waals surface area contributed by atoms with E-state index in [1.165, 1.54) is 12.1 Å². The minimum Gasteiger partial charge on any atom is -0.370 e. The van der Waals surface area contributed by atoms with Crippen LogP contribution in [0.15, 0.2) is 0 Å². The molecule has 0 aromatic rings. The van der Waals surface area contributed by atoms with Gasteiger partial charge >= 0.3 is 0 Å². The van der Waals surface area contributed by atoms with Gasteiger partial charge in [0.1, 0.15) is 0 Å². The Balaban J connectivity index is 1.81. The van der Waals surface area contributed by atoms with Gasteiger partial charge in [0.05, 0.1) is 24.4 Å². The zero-order chi connectivity index (χ0) is 10.3. The molecule has 2 saturated heterocycles. The fourth-order valence-electron chi connectivity index (χ4n) is 2.06. The van der Waals surface area contributed by atoms with Crippen LogP contribution in [0.25, 0.3) is 0 Å². The van der Waals surface area contributed by atoms with Crippen molar-refractivity contribution in [3.8, 4) is 0 Å². The highest BCUT2D eigenvalue weighted by Crippen LogP contribution is 2.36. The first-order valence-corrected chi connectivity index (χ1v) is 11.0. The molecule has 2 fully saturated rings. The third-order valence-electron chi connectivity index (χ3n) is 3.58. The summed E-state index contributed by atoms with van der Waals surface area (Å²) in [6, 6.07) is 2.71. The number of epoxide rings is 2. The van der Waals surface area contributed by atoms with Crippen molar-refractivity contribution >= 4 is 16.6 Å². The third kappa shape index (κ3) is 2.48. The molecule has 4 unspecified atom stereocenters. The highest BCUT2D eigenvalue weighted by Gasteiger charge is 2.45. The van der Waals surface area contributed by atoms with Gasteiger partial charge in [0.15, 0.2) is 0 Å². The monoisotopic (exact) mass is 228 g/mol. The van der Waals surface area contributed by atoms with Gasteiger partial charge in [0.25, 0.3) is 0 Å². The summed E-state index contributed by atoms with van der Waals surface area (Å²) in [5.74, 6) is 0. The summed E-state index contributed by atoms with van der Waals surface area (Å²) in [6.07, 6.45) is 2.26. The fourth-order valence-corrected chi connectivity index (χ4v) is 7.70. The zero-order valence-electron chi connectivity index (χ0n) is 9.54. The molecule has 0 saturated carbocycles. The van der Waals surface area contributed by atoms with Crippen LogP contribution >= 0.6 is 0 Å². The minimum absolute atomic E-state index is 0.538. The second kappa shape index (κ2) is 3.74. The van der Waals surface area contributed by atoms with Crippen LogP contribution in [0.3, 0.4) is 0 Å². The van der Waals surface area contributed by atoms with Crippen molar-refractivity contribution in [3.05, 3.63) is 0 Å². The van der Waals surface area contributed by atoms with Gasteiger partial charge in [-0.3, -0.25) is 0 Å². The largest absolute Gasteiger partial charge is 0.370 e. The van der Waals surface area contributed by atoms with E-state index in [2.05, 4.69) is 26.9 Å². The quantitative estimate of drug-likeness (QED) is 0.530. The summed E-state index contributed by atoms with van der Waals surface area (Å²) in [4.78, 5) is 0. The van der Waals surface area contributed by atoms with Crippen LogP contribution in [0.4, 0.5) is 0 Å². The molecule has 0 aromatic carbocycles. The van der Waals surface area contributed by atoms with Gasteiger partial charge < -0.3 is 9.47 Å². The molecule has 80 valence electrons. The van der Waals surface area contributed by atoms with E-state index in [0.717, 1.165) is 9.04 Å². The highest BCUT2D eigenvalue weighted by atomic mass is 29.2. The summed E-state index contributed by atoms with van der Waals surface area (Å²) in [5.41, 5.74) is 0. The molecule has 2 aliphatic heterocycles. The summed E-state index contributed by atoms with van der Waals surface area (Å²) in [7, 11) is 0.0953. The van der Waals surface area contributed by atoms with Gasteiger partial charge in [-0.2, -0.15) is 0 Å². The Hall–Kier alpha value is 0.354. The lowest BCUT2D eigenvalue weighted by Crippen LogP contribution is -2.40. The van der Waals surface area contributed by atoms with Gasteiger partial charge in [-0.25, -0.2) is 0 Å². The van der Waals surface area contributed by atoms with Gasteiger partial charge in [-0.1, -0.05) is 13.1 Å². The molecule has 4 atom stereocenters. The second-order valence-corrected chi connectivity index (χ2v) is 14.5. The first-order valence-electron chi connectivity index (χ1n) is 5.54. The van der Waals surface area contributed by atoms with E-state index in [-0.39, 0.29) is 0 Å². The molecule has 0 aliphatic carbocycles. The van der Waals surface area contributed by atoms with E-state index in [0.29, 0.717) is 24.4 Å². The summed E-state index contributed by atoms with van der Waals surface area (Å²) in [6.45, 7) is 9.27. The Labute approximate surface area is 90.0 Å². The van der Waals surface area contributed by atoms with Crippen molar-refractivity contribution < 1.29 is 9.47 Å². The zero-order valence-corrected chi connectivity index (χ0v) is 11.5. The van der Waals surface area contributed by atoms with Crippen molar-refractivity contribution in [2.75, 3.05) is 0 Å². The third-order valence-corrected chi connectivity index (χ3v) is 12.2. The molecule has 2 nitrogen and oxygen atoms in total. The van der Waals surface area contributed by atoms with Crippen molar-refractivity contribution in [1.29, 1.82) is 0 Å². The molecule has 0 N–H and O–H groups in total. The summed E-state index contributed by atoms with van der Waals surface area (Å²) >= 11 is 0. The first kappa shape index (κ1) is 10.9. The van der Waals surface area contributed by atoms with E-state index in [9.17, 15) is 0 Å². The summed E-state index contributed by atoms with van der Waals surface area (Å²) in [5, 5.41) is 0. The maximum absolute atomic E-state index is 5.54. The number of hydrogen-bond donors (Lipinski definition) is 0. The predicted octanol–water partition coefficient (Wildman–Crippen LogP) is 1.89. The average molecular weight is 228 g/mol. The SMILES string of the molecule is C[Si][Si](C)(CC1OC1C)CC1OC1C. The molecular weight excluding hydrogens is 208 g/mol. The Morgan fingerprint density at radius 2 is 1.43 bits per heavy atom. The van der Waals surface area contributed by atoms with E-state index < -0.39 is 7.59 Å². The lowest BCUT2D eigenvalue weighted by Gasteiger charge is -2.23. The second-order valence-electron chi connectivity index (χ2n) is 4.98. The van der Waals surface area contributed by atoms with E-state index in [1.807, 2.05) is 0 Å². The first-order chi connectivity index (χ1) is 6.54. The van der Waals surface area contributed by atoms with Crippen LogP contribution in [0.2, 0.25) is 25.2 Å². The molecule has 0 bridgehead atoms. The van der Waals surface area contributed by atoms with Crippen LogP contribution in [0, 0.1) is 0 Å². The van der Waals surface area contributed by atoms with Gasteiger partial charge in [0, 0.05) is 16.6 Å². The Morgan fingerprint density at radius 3 is 1.64 bits per heavy atom. The predicted molar refractivity (Wildman–Crippen MR) is 61.5 cm³/mol. The molecule has 0 spiro atoms. The summed E-state index contributed by atoms with van der Waals surface area (Å²) < 4.78 is 11.1. The molecule has 2 rings (SSSR count). The molecule has 2 radical (unpaired) electrons. The average Bonchev–Trinajstić information content (AvgIpc) is 2.97. The highest BCUT2D eigenvalue weighted by molar-refractivity contribution is 7.24. The molecule has 2 aliphatic rings. The van der Waals surface area contributed by atoms with Crippen LogP contribution in [0.1, 0.15) is 13.8 Å². The lowest BCUT2D eigenvalue weighted by molar-refractivity contribution is 0.383. The van der Waals surface area contributed by atoms with Crippen LogP contribution in [0.5, 0.6) is 0 Å². The maximum atomic E-state index is 5.54. The van der Waals surface area contributed by atoms with Crippen LogP contribution < -0.4 is 0 Å². The molecular formula is C10H20O2Si2. The topological polar surface area (TPSA) is 25.1 Å². The van der Waals surface area contributed by atoms with Crippen molar-refractivity contribution in [3.63, 3.8) is 0 Å². The Kier molecular flexibility index (Phi) is 2.90. The van der Waals surface area contributed by atoms with Crippen molar-refractivity contribution in [2.24, 2.45) is 0 Å². The fraction of sp³-hybridized carbons (Fsp3) is 1.00. The molecule has 4 heteroatoms. The van der Waals surface area contributed by atoms with Crippen molar-refractivity contribution in [2.45, 2.75) is 63.4 Å². The van der Waals surface area contributed by atoms with Crippen LogP contribution in [-0.2, 0) is 9.47 Å². The smallest absolute Gasteiger partial charge is 0.0813 e. The number of hydrogen-bond acceptors (Lipinski definition) is 2. The van der Waals surface area contributed by atoms with Gasteiger partial charge in [0.2, 0.25) is 0 Å². The van der Waals surface area contributed by atoms with E-state index in [4.69, 9.17) is 9.47 Å². The van der Waals surface area contributed by atoms with Crippen LogP contribution in [-0.4, -0.2) is 41.0 Å². The number of rotatable bonds is 5. The lowest BCUT2D eigenvalue weighted by atomic mass is 10.4. The molecule has 0 aromatic heterocycles. The molecule has 14 heavy (non-hydrogen) atoms. The number of ether oxygens (including phenoxy) is 2. The van der Waals surface area contributed by atoms with E-state index in [1.54, 1.807) is 0 Å². The van der Waals surface area contributed by atoms with Gasteiger partial charge in [-0.15, -0.1) is 0 Å². The Bertz CT molecular complexity index is 204. The Morgan fingerprint density at radius 1 is 1.07 bits per heavy atom. The molecule has 2 heterocycles. The standard InChI is InChI=1S/C10H20O2Si2/c1-7-9(11-7)5-14(4,13-3)6-10-8(2)12-10/h7-10H,5-6H2,1-4H3. The van der Waals surface area contributed by atoms with E-state index >= 15 is 0 Å². The molecule has 0 amide bonds. The van der Waals surface area contributed by atoms with Crippen molar-refractivity contribution in [1.82, 2.24) is 0 Å². The normalized spacial score (nSPS) is 44.6.